The summed E-state index contributed by atoms with van der Waals surface area (Å²) in [5.41, 5.74) is 8.08. The van der Waals surface area contributed by atoms with E-state index in [1.165, 1.54) is 48.1 Å². The van der Waals surface area contributed by atoms with Crippen molar-refractivity contribution in [2.24, 2.45) is 5.73 Å². The van der Waals surface area contributed by atoms with Crippen LogP contribution in [0.2, 0.25) is 0 Å². The highest BCUT2D eigenvalue weighted by Crippen LogP contribution is 2.33. The van der Waals surface area contributed by atoms with Crippen LogP contribution in [0.4, 0.5) is 0 Å². The standard InChI is InChI=1S/C16H23NS/c1-13(12-17)11-14-7-9-16(10-8-14)18-15-5-3-2-4-6-15/h7-11,15H,2-6,12,17H2,1H3. The summed E-state index contributed by atoms with van der Waals surface area (Å²) in [6, 6.07) is 8.89. The van der Waals surface area contributed by atoms with Crippen molar-refractivity contribution in [3.05, 3.63) is 35.4 Å². The minimum atomic E-state index is 0.637. The zero-order chi connectivity index (χ0) is 12.8. The predicted molar refractivity (Wildman–Crippen MR) is 81.9 cm³/mol. The molecule has 0 atom stereocenters. The van der Waals surface area contributed by atoms with Crippen molar-refractivity contribution >= 4 is 17.8 Å². The van der Waals surface area contributed by atoms with Crippen molar-refractivity contribution in [3.8, 4) is 0 Å². The smallest absolute Gasteiger partial charge is 0.0137 e. The van der Waals surface area contributed by atoms with Gasteiger partial charge in [0.05, 0.1) is 0 Å². The summed E-state index contributed by atoms with van der Waals surface area (Å²) in [5, 5.41) is 0.839. The molecule has 0 spiro atoms. The van der Waals surface area contributed by atoms with Gasteiger partial charge in [-0.25, -0.2) is 0 Å². The molecule has 1 fully saturated rings. The van der Waals surface area contributed by atoms with Gasteiger partial charge in [-0.1, -0.05) is 43.0 Å². The molecule has 0 unspecified atom stereocenters. The molecule has 1 aromatic rings. The maximum atomic E-state index is 5.60. The number of nitrogens with two attached hydrogens (primary N) is 1. The zero-order valence-corrected chi connectivity index (χ0v) is 12.0. The van der Waals surface area contributed by atoms with Gasteiger partial charge in [-0.3, -0.25) is 0 Å². The van der Waals surface area contributed by atoms with Crippen LogP contribution in [0, 0.1) is 0 Å². The SMILES string of the molecule is CC(=Cc1ccc(SC2CCCCC2)cc1)CN. The van der Waals surface area contributed by atoms with Gasteiger partial charge in [0.1, 0.15) is 0 Å². The van der Waals surface area contributed by atoms with E-state index >= 15 is 0 Å². The molecule has 0 bridgehead atoms. The average molecular weight is 261 g/mol. The molecule has 0 radical (unpaired) electrons. The minimum absolute atomic E-state index is 0.637. The molecule has 1 aliphatic carbocycles. The Hall–Kier alpha value is -0.730. The van der Waals surface area contributed by atoms with Gasteiger partial charge in [0, 0.05) is 16.7 Å². The van der Waals surface area contributed by atoms with Crippen molar-refractivity contribution in [1.29, 1.82) is 0 Å². The third-order valence-corrected chi connectivity index (χ3v) is 4.82. The fourth-order valence-electron chi connectivity index (χ4n) is 2.36. The second-order valence-corrected chi connectivity index (χ2v) is 6.52. The van der Waals surface area contributed by atoms with E-state index < -0.39 is 0 Å². The number of hydrogen-bond acceptors (Lipinski definition) is 2. The molecule has 0 saturated heterocycles. The van der Waals surface area contributed by atoms with Crippen LogP contribution >= 0.6 is 11.8 Å². The van der Waals surface area contributed by atoms with Gasteiger partial charge in [-0.2, -0.15) is 0 Å². The highest BCUT2D eigenvalue weighted by atomic mass is 32.2. The van der Waals surface area contributed by atoms with Crippen LogP contribution in [0.25, 0.3) is 6.08 Å². The number of rotatable bonds is 4. The summed E-state index contributed by atoms with van der Waals surface area (Å²) in [7, 11) is 0. The van der Waals surface area contributed by atoms with Gasteiger partial charge >= 0.3 is 0 Å². The lowest BCUT2D eigenvalue weighted by Crippen LogP contribution is -2.07. The summed E-state index contributed by atoms with van der Waals surface area (Å²) in [6.45, 7) is 2.71. The fraction of sp³-hybridized carbons (Fsp3) is 0.500. The van der Waals surface area contributed by atoms with E-state index in [2.05, 4.69) is 49.0 Å². The van der Waals surface area contributed by atoms with Crippen LogP contribution in [0.3, 0.4) is 0 Å². The maximum absolute atomic E-state index is 5.60. The molecule has 98 valence electrons. The second kappa shape index (κ2) is 7.01. The Morgan fingerprint density at radius 1 is 1.22 bits per heavy atom. The lowest BCUT2D eigenvalue weighted by molar-refractivity contribution is 0.516. The van der Waals surface area contributed by atoms with E-state index in [1.54, 1.807) is 0 Å². The summed E-state index contributed by atoms with van der Waals surface area (Å²) >= 11 is 2.05. The zero-order valence-electron chi connectivity index (χ0n) is 11.2. The van der Waals surface area contributed by atoms with Gasteiger partial charge in [0.2, 0.25) is 0 Å². The van der Waals surface area contributed by atoms with Gasteiger partial charge in [0.15, 0.2) is 0 Å². The van der Waals surface area contributed by atoms with Gasteiger partial charge < -0.3 is 5.73 Å². The van der Waals surface area contributed by atoms with Crippen LogP contribution in [0.15, 0.2) is 34.7 Å². The monoisotopic (exact) mass is 261 g/mol. The molecule has 2 N–H and O–H groups in total. The third kappa shape index (κ3) is 4.18. The Kier molecular flexibility index (Phi) is 5.33. The van der Waals surface area contributed by atoms with Crippen molar-refractivity contribution in [1.82, 2.24) is 0 Å². The van der Waals surface area contributed by atoms with E-state index in [0.29, 0.717) is 6.54 Å². The van der Waals surface area contributed by atoms with E-state index in [9.17, 15) is 0 Å². The third-order valence-electron chi connectivity index (χ3n) is 3.47. The Labute approximate surface area is 115 Å². The maximum Gasteiger partial charge on any atom is 0.0137 e. The molecular formula is C16H23NS. The Bertz CT molecular complexity index is 388. The summed E-state index contributed by atoms with van der Waals surface area (Å²) in [5.74, 6) is 0. The highest BCUT2D eigenvalue weighted by Gasteiger charge is 2.14. The molecule has 2 rings (SSSR count). The Morgan fingerprint density at radius 2 is 1.89 bits per heavy atom. The van der Waals surface area contributed by atoms with E-state index in [1.807, 2.05) is 0 Å². The van der Waals surface area contributed by atoms with Crippen molar-refractivity contribution in [3.63, 3.8) is 0 Å². The van der Waals surface area contributed by atoms with Crippen LogP contribution in [0.1, 0.15) is 44.6 Å². The molecule has 1 saturated carbocycles. The van der Waals surface area contributed by atoms with Crippen LogP contribution in [-0.2, 0) is 0 Å². The van der Waals surface area contributed by atoms with E-state index in [-0.39, 0.29) is 0 Å². The van der Waals surface area contributed by atoms with E-state index in [4.69, 9.17) is 5.73 Å². The number of thioether (sulfide) groups is 1. The minimum Gasteiger partial charge on any atom is -0.327 e. The normalized spacial score (nSPS) is 18.0. The Balaban J connectivity index is 1.94. The lowest BCUT2D eigenvalue weighted by Gasteiger charge is -2.20. The molecule has 0 heterocycles. The van der Waals surface area contributed by atoms with Gasteiger partial charge in [-0.15, -0.1) is 11.8 Å². The first-order valence-electron chi connectivity index (χ1n) is 6.92. The number of benzene rings is 1. The van der Waals surface area contributed by atoms with Crippen LogP contribution in [-0.4, -0.2) is 11.8 Å². The highest BCUT2D eigenvalue weighted by molar-refractivity contribution is 8.00. The average Bonchev–Trinajstić information content (AvgIpc) is 2.42. The van der Waals surface area contributed by atoms with Crippen LogP contribution in [0.5, 0.6) is 0 Å². The lowest BCUT2D eigenvalue weighted by atomic mass is 10.0. The Morgan fingerprint density at radius 3 is 2.50 bits per heavy atom. The summed E-state index contributed by atoms with van der Waals surface area (Å²) in [6.07, 6.45) is 9.19. The second-order valence-electron chi connectivity index (χ2n) is 5.14. The van der Waals surface area contributed by atoms with Crippen molar-refractivity contribution in [2.45, 2.75) is 49.2 Å². The van der Waals surface area contributed by atoms with Gasteiger partial charge in [0.25, 0.3) is 0 Å². The largest absolute Gasteiger partial charge is 0.327 e. The molecule has 0 amide bonds. The molecule has 1 nitrogen and oxygen atoms in total. The molecule has 18 heavy (non-hydrogen) atoms. The molecular weight excluding hydrogens is 238 g/mol. The first-order chi connectivity index (χ1) is 8.78. The van der Waals surface area contributed by atoms with Crippen LogP contribution < -0.4 is 5.73 Å². The molecule has 2 heteroatoms. The molecule has 0 aromatic heterocycles. The van der Waals surface area contributed by atoms with Crippen molar-refractivity contribution < 1.29 is 0 Å². The molecule has 0 aliphatic heterocycles. The van der Waals surface area contributed by atoms with E-state index in [0.717, 1.165) is 5.25 Å². The molecule has 1 aromatic carbocycles. The molecule has 1 aliphatic rings. The fourth-order valence-corrected chi connectivity index (χ4v) is 3.61. The number of hydrogen-bond donors (Lipinski definition) is 1. The first-order valence-corrected chi connectivity index (χ1v) is 7.80. The van der Waals surface area contributed by atoms with Crippen molar-refractivity contribution in [2.75, 3.05) is 6.54 Å². The summed E-state index contributed by atoms with van der Waals surface area (Å²) in [4.78, 5) is 1.41. The first kappa shape index (κ1) is 13.7. The quantitative estimate of drug-likeness (QED) is 0.865. The van der Waals surface area contributed by atoms with Gasteiger partial charge in [-0.05, 0) is 37.5 Å². The summed E-state index contributed by atoms with van der Waals surface area (Å²) < 4.78 is 0. The predicted octanol–water partition coefficient (Wildman–Crippen LogP) is 4.47. The topological polar surface area (TPSA) is 26.0 Å².